The van der Waals surface area contributed by atoms with E-state index in [4.69, 9.17) is 14.9 Å². The van der Waals surface area contributed by atoms with Gasteiger partial charge in [-0.05, 0) is 55.5 Å². The molecule has 0 bridgehead atoms. The number of fused-ring (bicyclic) bond motifs is 4. The van der Waals surface area contributed by atoms with Gasteiger partial charge in [0.2, 0.25) is 17.7 Å². The number of piperazine rings is 1. The van der Waals surface area contributed by atoms with Crippen LogP contribution in [0.15, 0.2) is 77.5 Å². The van der Waals surface area contributed by atoms with Gasteiger partial charge < -0.3 is 24.7 Å². The Balaban J connectivity index is 0.875. The first-order chi connectivity index (χ1) is 23.4. The van der Waals surface area contributed by atoms with E-state index in [1.165, 1.54) is 9.42 Å². The minimum Gasteiger partial charge on any atom is -0.492 e. The molecule has 2 aliphatic rings. The number of nitrogens with zero attached hydrogens (tertiary/aromatic N) is 9. The highest BCUT2D eigenvalue weighted by Crippen LogP contribution is 2.27. The number of carbonyl (C=O) groups excluding carboxylic acids is 3. The predicted molar refractivity (Wildman–Crippen MR) is 173 cm³/mol. The molecule has 6 aromatic rings. The van der Waals surface area contributed by atoms with E-state index in [9.17, 15) is 14.4 Å². The van der Waals surface area contributed by atoms with E-state index in [0.29, 0.717) is 71.3 Å². The van der Waals surface area contributed by atoms with E-state index in [1.807, 2.05) is 29.2 Å². The Morgan fingerprint density at radius 2 is 1.67 bits per heavy atom. The van der Waals surface area contributed by atoms with Gasteiger partial charge in [-0.15, -0.1) is 5.10 Å². The van der Waals surface area contributed by atoms with Crippen molar-refractivity contribution in [3.63, 3.8) is 0 Å². The van der Waals surface area contributed by atoms with Gasteiger partial charge in [0.05, 0.1) is 35.5 Å². The lowest BCUT2D eigenvalue weighted by Crippen LogP contribution is -2.50. The summed E-state index contributed by atoms with van der Waals surface area (Å²) < 4.78 is 14.3. The number of amides is 3. The molecule has 15 heteroatoms. The molecule has 0 aliphatic carbocycles. The largest absolute Gasteiger partial charge is 0.492 e. The van der Waals surface area contributed by atoms with Crippen LogP contribution in [0.1, 0.15) is 33.7 Å². The number of ether oxygens (including phenoxy) is 1. The van der Waals surface area contributed by atoms with Crippen LogP contribution in [0.2, 0.25) is 0 Å². The number of imide groups is 1. The Morgan fingerprint density at radius 3 is 2.35 bits per heavy atom. The standard InChI is InChI=1S/C33H30N10O5/c1-20(42-29-25(19-35-42)28-36-27(26-7-4-17-48-26)38-43(28)33(34)37-29)30(44)40-14-12-39(13-15-40)21-8-10-22(11-9-21)47-18-16-41-31(45)23-5-2-3-6-24(23)32(41)46/h2-11,17,19-20H,12-16,18H2,1H3,(H2,34,37). The van der Waals surface area contributed by atoms with E-state index >= 15 is 0 Å². The van der Waals surface area contributed by atoms with Crippen molar-refractivity contribution in [1.82, 2.24) is 39.2 Å². The molecule has 2 aromatic carbocycles. The third-order valence-electron chi connectivity index (χ3n) is 8.78. The monoisotopic (exact) mass is 646 g/mol. The second-order valence-corrected chi connectivity index (χ2v) is 11.6. The van der Waals surface area contributed by atoms with Crippen LogP contribution in [-0.4, -0.2) is 96.2 Å². The number of hydrogen-bond donors (Lipinski definition) is 1. The second kappa shape index (κ2) is 11.5. The van der Waals surface area contributed by atoms with Crippen molar-refractivity contribution in [2.45, 2.75) is 13.0 Å². The summed E-state index contributed by atoms with van der Waals surface area (Å²) in [4.78, 5) is 53.1. The topological polar surface area (TPSA) is 170 Å². The predicted octanol–water partition coefficient (Wildman–Crippen LogP) is 2.90. The molecule has 1 fully saturated rings. The maximum Gasteiger partial charge on any atom is 0.261 e. The highest BCUT2D eigenvalue weighted by Gasteiger charge is 2.35. The first kappa shape index (κ1) is 29.2. The zero-order chi connectivity index (χ0) is 32.9. The lowest BCUT2D eigenvalue weighted by Gasteiger charge is -2.37. The van der Waals surface area contributed by atoms with Crippen molar-refractivity contribution in [1.29, 1.82) is 0 Å². The number of carbonyl (C=O) groups is 3. The van der Waals surface area contributed by atoms with Crippen LogP contribution >= 0.6 is 0 Å². The lowest BCUT2D eigenvalue weighted by molar-refractivity contribution is -0.134. The Morgan fingerprint density at radius 1 is 0.938 bits per heavy atom. The number of aromatic nitrogens is 6. The third-order valence-corrected chi connectivity index (χ3v) is 8.78. The third kappa shape index (κ3) is 4.87. The van der Waals surface area contributed by atoms with E-state index in [-0.39, 0.29) is 36.8 Å². The molecular formula is C33H30N10O5. The fourth-order valence-electron chi connectivity index (χ4n) is 6.22. The van der Waals surface area contributed by atoms with Gasteiger partial charge in [0.25, 0.3) is 11.8 Å². The zero-order valence-corrected chi connectivity index (χ0v) is 25.9. The van der Waals surface area contributed by atoms with Gasteiger partial charge in [-0.3, -0.25) is 19.3 Å². The van der Waals surface area contributed by atoms with E-state index < -0.39 is 6.04 Å². The van der Waals surface area contributed by atoms with Crippen LogP contribution in [0.5, 0.6) is 5.75 Å². The molecule has 8 rings (SSSR count). The molecule has 1 atom stereocenters. The Labute approximate surface area is 273 Å². The van der Waals surface area contributed by atoms with E-state index in [0.717, 1.165) is 5.69 Å². The van der Waals surface area contributed by atoms with Crippen molar-refractivity contribution in [3.8, 4) is 17.3 Å². The SMILES string of the molecule is CC(C(=O)N1CCN(c2ccc(OCCN3C(=O)c4ccccc4C3=O)cc2)CC1)n1ncc2c1nc(N)n1nc(-c3ccco3)nc21. The minimum absolute atomic E-state index is 0.0700. The summed E-state index contributed by atoms with van der Waals surface area (Å²) in [5.74, 6) is 0.972. The summed E-state index contributed by atoms with van der Waals surface area (Å²) in [6, 6.07) is 17.4. The number of rotatable bonds is 8. The molecule has 2 aliphatic heterocycles. The van der Waals surface area contributed by atoms with Crippen molar-refractivity contribution >= 4 is 46.0 Å². The molecule has 0 radical (unpaired) electrons. The number of nitrogens with two attached hydrogens (primary N) is 1. The van der Waals surface area contributed by atoms with Crippen LogP contribution in [-0.2, 0) is 4.79 Å². The van der Waals surface area contributed by atoms with Gasteiger partial charge >= 0.3 is 0 Å². The summed E-state index contributed by atoms with van der Waals surface area (Å²) in [7, 11) is 0. The second-order valence-electron chi connectivity index (χ2n) is 11.6. The average Bonchev–Trinajstić information content (AvgIpc) is 3.92. The lowest BCUT2D eigenvalue weighted by atomic mass is 10.1. The number of furan rings is 1. The van der Waals surface area contributed by atoms with Gasteiger partial charge in [0.15, 0.2) is 17.1 Å². The molecule has 0 saturated carbocycles. The summed E-state index contributed by atoms with van der Waals surface area (Å²) in [5, 5.41) is 9.53. The molecule has 4 aromatic heterocycles. The molecule has 3 amide bonds. The average molecular weight is 647 g/mol. The molecular weight excluding hydrogens is 616 g/mol. The van der Waals surface area contributed by atoms with Crippen LogP contribution in [0.3, 0.4) is 0 Å². The number of hydrogen-bond acceptors (Lipinski definition) is 11. The van der Waals surface area contributed by atoms with Crippen molar-refractivity contribution in [2.24, 2.45) is 0 Å². The van der Waals surface area contributed by atoms with E-state index in [2.05, 4.69) is 25.1 Å². The van der Waals surface area contributed by atoms with Crippen LogP contribution in [0.4, 0.5) is 11.6 Å². The van der Waals surface area contributed by atoms with Crippen molar-refractivity contribution < 1.29 is 23.5 Å². The highest BCUT2D eigenvalue weighted by molar-refractivity contribution is 6.21. The summed E-state index contributed by atoms with van der Waals surface area (Å²) in [6.07, 6.45) is 3.17. The first-order valence-corrected chi connectivity index (χ1v) is 15.5. The minimum atomic E-state index is -0.618. The highest BCUT2D eigenvalue weighted by atomic mass is 16.5. The van der Waals surface area contributed by atoms with Gasteiger partial charge in [0.1, 0.15) is 18.4 Å². The van der Waals surface area contributed by atoms with Gasteiger partial charge in [-0.25, -0.2) is 9.67 Å². The first-order valence-electron chi connectivity index (χ1n) is 15.5. The fourth-order valence-corrected chi connectivity index (χ4v) is 6.22. The zero-order valence-electron chi connectivity index (χ0n) is 25.9. The number of nitrogen functional groups attached to an aromatic ring is 1. The summed E-state index contributed by atoms with van der Waals surface area (Å²) >= 11 is 0. The summed E-state index contributed by atoms with van der Waals surface area (Å²) in [5.41, 5.74) is 9.01. The molecule has 0 spiro atoms. The van der Waals surface area contributed by atoms with E-state index in [1.54, 1.807) is 60.5 Å². The molecule has 6 heterocycles. The fraction of sp³-hybridized carbons (Fsp3) is 0.242. The van der Waals surface area contributed by atoms with Crippen molar-refractivity contribution in [2.75, 3.05) is 50.0 Å². The molecule has 15 nitrogen and oxygen atoms in total. The Kier molecular flexibility index (Phi) is 7.00. The van der Waals surface area contributed by atoms with Gasteiger partial charge in [-0.1, -0.05) is 12.1 Å². The molecule has 1 unspecified atom stereocenters. The van der Waals surface area contributed by atoms with Crippen molar-refractivity contribution in [3.05, 3.63) is 84.3 Å². The number of anilines is 2. The maximum absolute atomic E-state index is 13.6. The smallest absolute Gasteiger partial charge is 0.261 e. The Hall–Kier alpha value is -6.25. The summed E-state index contributed by atoms with van der Waals surface area (Å²) in [6.45, 7) is 4.53. The van der Waals surface area contributed by atoms with Crippen LogP contribution in [0, 0.1) is 0 Å². The van der Waals surface area contributed by atoms with Crippen LogP contribution in [0.25, 0.3) is 28.3 Å². The van der Waals surface area contributed by atoms with Gasteiger partial charge in [-0.2, -0.15) is 14.6 Å². The Bertz CT molecular complexity index is 2150. The molecule has 2 N–H and O–H groups in total. The number of benzene rings is 2. The molecule has 48 heavy (non-hydrogen) atoms. The molecule has 242 valence electrons. The quantitative estimate of drug-likeness (QED) is 0.241. The normalized spacial score (nSPS) is 15.5. The molecule has 1 saturated heterocycles. The van der Waals surface area contributed by atoms with Gasteiger partial charge in [0, 0.05) is 31.9 Å². The maximum atomic E-state index is 13.6. The van der Waals surface area contributed by atoms with Crippen LogP contribution < -0.4 is 15.4 Å².